The molecule has 5 rings (SSSR count). The molecule has 3 N–H and O–H groups in total. The number of carboxylic acids is 1. The molecular weight excluding hydrogens is 530 g/mol. The Balaban J connectivity index is 1.29. The van der Waals surface area contributed by atoms with E-state index in [1.54, 1.807) is 13.8 Å². The number of likely N-dealkylation sites (tertiary alicyclic amines) is 1. The molecule has 1 heterocycles. The van der Waals surface area contributed by atoms with Gasteiger partial charge in [0.1, 0.15) is 12.1 Å². The summed E-state index contributed by atoms with van der Waals surface area (Å²) in [4.78, 5) is 41.1. The highest BCUT2D eigenvalue weighted by Gasteiger charge is 2.44. The second kappa shape index (κ2) is 12.4. The Labute approximate surface area is 247 Å². The molecular formula is C34H39N3O5. The third-order valence-electron chi connectivity index (χ3n) is 9.01. The number of nitrogens with zero attached hydrogens (tertiary/aromatic N) is 1. The van der Waals surface area contributed by atoms with Gasteiger partial charge in [-0.25, -0.2) is 4.79 Å². The zero-order valence-corrected chi connectivity index (χ0v) is 24.3. The minimum absolute atomic E-state index is 0.0283. The van der Waals surface area contributed by atoms with Crippen molar-refractivity contribution < 1.29 is 24.2 Å². The molecule has 1 saturated heterocycles. The van der Waals surface area contributed by atoms with Crippen molar-refractivity contribution in [3.8, 4) is 11.1 Å². The molecule has 3 aromatic carbocycles. The Morgan fingerprint density at radius 1 is 0.929 bits per heavy atom. The number of nitrogens with one attached hydrogen (secondary N) is 2. The Bertz CT molecular complexity index is 1390. The Hall–Kier alpha value is -4.17. The van der Waals surface area contributed by atoms with Crippen LogP contribution in [0.1, 0.15) is 55.7 Å². The van der Waals surface area contributed by atoms with Crippen LogP contribution in [-0.4, -0.2) is 59.8 Å². The van der Waals surface area contributed by atoms with Gasteiger partial charge < -0.3 is 20.5 Å². The van der Waals surface area contributed by atoms with Crippen LogP contribution in [0.25, 0.3) is 11.1 Å². The summed E-state index contributed by atoms with van der Waals surface area (Å²) in [6.07, 6.45) is 0.470. The van der Waals surface area contributed by atoms with Crippen LogP contribution in [-0.2, 0) is 20.9 Å². The monoisotopic (exact) mass is 569 g/mol. The number of alkyl carbamates (subject to hydrolysis) is 1. The molecule has 0 spiro atoms. The van der Waals surface area contributed by atoms with E-state index in [1.165, 1.54) is 5.56 Å². The molecule has 8 heteroatoms. The maximum atomic E-state index is 13.7. The van der Waals surface area contributed by atoms with Gasteiger partial charge in [-0.05, 0) is 54.0 Å². The first-order valence-corrected chi connectivity index (χ1v) is 14.7. The molecule has 3 aromatic rings. The van der Waals surface area contributed by atoms with Gasteiger partial charge in [-0.15, -0.1) is 0 Å². The van der Waals surface area contributed by atoms with Gasteiger partial charge in [0.05, 0.1) is 5.41 Å². The Kier molecular flexibility index (Phi) is 8.64. The first kappa shape index (κ1) is 29.3. The standard InChI is InChI=1S/C34H39N3O5/c1-3-33(2,31(39)40)23-35-30(38)34(17-19-37(20-18-34)21-24-11-5-4-6-12-24)36-32(41)42-22-29-27-15-9-7-13-25(27)26-14-8-10-16-28(26)29/h4-16,29H,3,17-23H2,1-2H3,(H,35,38)(H,36,41)(H,39,40). The van der Waals surface area contributed by atoms with E-state index >= 15 is 0 Å². The number of carbonyl (C=O) groups excluding carboxylic acids is 2. The summed E-state index contributed by atoms with van der Waals surface area (Å²) in [5.41, 5.74) is 3.38. The molecule has 0 aromatic heterocycles. The van der Waals surface area contributed by atoms with Crippen LogP contribution < -0.4 is 10.6 Å². The molecule has 0 bridgehead atoms. The van der Waals surface area contributed by atoms with Crippen LogP contribution in [0.15, 0.2) is 78.9 Å². The fourth-order valence-electron chi connectivity index (χ4n) is 5.97. The smallest absolute Gasteiger partial charge is 0.408 e. The fraction of sp³-hybridized carbons (Fsp3) is 0.382. The maximum Gasteiger partial charge on any atom is 0.408 e. The van der Waals surface area contributed by atoms with Gasteiger partial charge in [-0.1, -0.05) is 85.8 Å². The molecule has 1 fully saturated rings. The van der Waals surface area contributed by atoms with Gasteiger partial charge in [0.2, 0.25) is 5.91 Å². The highest BCUT2D eigenvalue weighted by atomic mass is 16.5. The second-order valence-corrected chi connectivity index (χ2v) is 11.7. The zero-order chi connectivity index (χ0) is 29.7. The number of piperidine rings is 1. The average molecular weight is 570 g/mol. The number of hydrogen-bond donors (Lipinski definition) is 3. The number of benzene rings is 3. The molecule has 0 saturated carbocycles. The molecule has 1 unspecified atom stereocenters. The number of carbonyl (C=O) groups is 3. The van der Waals surface area contributed by atoms with Crippen molar-refractivity contribution in [3.05, 3.63) is 95.6 Å². The van der Waals surface area contributed by atoms with Crippen LogP contribution in [0.2, 0.25) is 0 Å². The van der Waals surface area contributed by atoms with Crippen LogP contribution in [0.5, 0.6) is 0 Å². The van der Waals surface area contributed by atoms with Crippen molar-refractivity contribution in [3.63, 3.8) is 0 Å². The minimum Gasteiger partial charge on any atom is -0.481 e. The lowest BCUT2D eigenvalue weighted by atomic mass is 9.84. The molecule has 2 aliphatic rings. The average Bonchev–Trinajstić information content (AvgIpc) is 3.33. The molecule has 1 aliphatic heterocycles. The third-order valence-corrected chi connectivity index (χ3v) is 9.01. The first-order valence-electron chi connectivity index (χ1n) is 14.7. The van der Waals surface area contributed by atoms with Crippen LogP contribution in [0.3, 0.4) is 0 Å². The van der Waals surface area contributed by atoms with Crippen molar-refractivity contribution in [2.45, 2.75) is 51.1 Å². The van der Waals surface area contributed by atoms with E-state index in [9.17, 15) is 19.5 Å². The molecule has 220 valence electrons. The van der Waals surface area contributed by atoms with Gasteiger partial charge >= 0.3 is 12.1 Å². The number of aliphatic carboxylic acids is 1. The normalized spacial score (nSPS) is 17.4. The van der Waals surface area contributed by atoms with E-state index in [1.807, 2.05) is 42.5 Å². The predicted molar refractivity (Wildman–Crippen MR) is 161 cm³/mol. The number of rotatable bonds is 10. The van der Waals surface area contributed by atoms with Gasteiger partial charge in [-0.3, -0.25) is 14.5 Å². The molecule has 1 aliphatic carbocycles. The summed E-state index contributed by atoms with van der Waals surface area (Å²) in [7, 11) is 0. The van der Waals surface area contributed by atoms with Crippen LogP contribution in [0, 0.1) is 5.41 Å². The van der Waals surface area contributed by atoms with E-state index in [0.717, 1.165) is 28.8 Å². The second-order valence-electron chi connectivity index (χ2n) is 11.7. The van der Waals surface area contributed by atoms with Gasteiger partial charge in [0, 0.05) is 32.1 Å². The van der Waals surface area contributed by atoms with Gasteiger partial charge in [0.25, 0.3) is 0 Å². The highest BCUT2D eigenvalue weighted by molar-refractivity contribution is 5.90. The summed E-state index contributed by atoms with van der Waals surface area (Å²) >= 11 is 0. The fourth-order valence-corrected chi connectivity index (χ4v) is 5.97. The van der Waals surface area contributed by atoms with Gasteiger partial charge in [0.15, 0.2) is 0 Å². The number of fused-ring (bicyclic) bond motifs is 3. The number of ether oxygens (including phenoxy) is 1. The summed E-state index contributed by atoms with van der Waals surface area (Å²) in [5.74, 6) is -1.45. The maximum absolute atomic E-state index is 13.7. The number of carboxylic acid groups (broad SMARTS) is 1. The lowest BCUT2D eigenvalue weighted by Crippen LogP contribution is -2.64. The quantitative estimate of drug-likeness (QED) is 0.311. The highest BCUT2D eigenvalue weighted by Crippen LogP contribution is 2.44. The Morgan fingerprint density at radius 3 is 2.07 bits per heavy atom. The van der Waals surface area contributed by atoms with E-state index in [-0.39, 0.29) is 25.0 Å². The first-order chi connectivity index (χ1) is 20.2. The molecule has 0 radical (unpaired) electrons. The summed E-state index contributed by atoms with van der Waals surface area (Å²) in [6.45, 7) is 5.45. The van der Waals surface area contributed by atoms with Crippen molar-refractivity contribution >= 4 is 18.0 Å². The molecule has 2 amide bonds. The zero-order valence-electron chi connectivity index (χ0n) is 24.3. The van der Waals surface area contributed by atoms with Crippen molar-refractivity contribution in [2.24, 2.45) is 5.41 Å². The van der Waals surface area contributed by atoms with Crippen molar-refractivity contribution in [1.82, 2.24) is 15.5 Å². The van der Waals surface area contributed by atoms with Gasteiger partial charge in [-0.2, -0.15) is 0 Å². The largest absolute Gasteiger partial charge is 0.481 e. The van der Waals surface area contributed by atoms with Crippen LogP contribution >= 0.6 is 0 Å². The van der Waals surface area contributed by atoms with E-state index in [0.29, 0.717) is 32.4 Å². The third kappa shape index (κ3) is 6.04. The van der Waals surface area contributed by atoms with E-state index in [4.69, 9.17) is 4.74 Å². The lowest BCUT2D eigenvalue weighted by molar-refractivity contribution is -0.148. The number of hydrogen-bond acceptors (Lipinski definition) is 5. The SMILES string of the molecule is CCC(C)(CNC(=O)C1(NC(=O)OCC2c3ccccc3-c3ccccc32)CCN(Cc2ccccc2)CC1)C(=O)O. The van der Waals surface area contributed by atoms with E-state index < -0.39 is 23.0 Å². The van der Waals surface area contributed by atoms with Crippen molar-refractivity contribution in [1.29, 1.82) is 0 Å². The molecule has 42 heavy (non-hydrogen) atoms. The van der Waals surface area contributed by atoms with E-state index in [2.05, 4.69) is 51.9 Å². The lowest BCUT2D eigenvalue weighted by Gasteiger charge is -2.41. The summed E-state index contributed by atoms with van der Waals surface area (Å²) in [6, 6.07) is 26.4. The Morgan fingerprint density at radius 2 is 1.50 bits per heavy atom. The minimum atomic E-state index is -1.21. The molecule has 1 atom stereocenters. The summed E-state index contributed by atoms with van der Waals surface area (Å²) < 4.78 is 5.81. The topological polar surface area (TPSA) is 108 Å². The van der Waals surface area contributed by atoms with Crippen LogP contribution in [0.4, 0.5) is 4.79 Å². The number of amides is 2. The van der Waals surface area contributed by atoms with Crippen molar-refractivity contribution in [2.75, 3.05) is 26.2 Å². The molecule has 8 nitrogen and oxygen atoms in total. The predicted octanol–water partition coefficient (Wildman–Crippen LogP) is 5.18. The summed E-state index contributed by atoms with van der Waals surface area (Å²) in [5, 5.41) is 15.5.